The molecule has 0 amide bonds. The van der Waals surface area contributed by atoms with Crippen molar-refractivity contribution >= 4 is 0 Å². The van der Waals surface area contributed by atoms with Gasteiger partial charge in [-0.1, -0.05) is 6.07 Å². The Labute approximate surface area is 118 Å². The second-order valence-electron chi connectivity index (χ2n) is 5.47. The van der Waals surface area contributed by atoms with Crippen molar-refractivity contribution in [2.45, 2.75) is 25.9 Å². The largest absolute Gasteiger partial charge is 0.314 e. The molecule has 0 radical (unpaired) electrons. The molecular formula is C15H20N4O. The van der Waals surface area contributed by atoms with E-state index in [1.54, 1.807) is 16.7 Å². The zero-order valence-corrected chi connectivity index (χ0v) is 11.8. The third-order valence-electron chi connectivity index (χ3n) is 3.91. The van der Waals surface area contributed by atoms with Crippen molar-refractivity contribution in [2.24, 2.45) is 0 Å². The van der Waals surface area contributed by atoms with Gasteiger partial charge in [0, 0.05) is 44.6 Å². The molecule has 0 aromatic carbocycles. The van der Waals surface area contributed by atoms with Crippen LogP contribution in [0.15, 0.2) is 41.6 Å². The van der Waals surface area contributed by atoms with Crippen LogP contribution in [0.3, 0.4) is 0 Å². The summed E-state index contributed by atoms with van der Waals surface area (Å²) in [6.45, 7) is 5.83. The Morgan fingerprint density at radius 2 is 2.25 bits per heavy atom. The molecule has 1 saturated heterocycles. The van der Waals surface area contributed by atoms with Gasteiger partial charge < -0.3 is 4.57 Å². The van der Waals surface area contributed by atoms with Gasteiger partial charge in [0.15, 0.2) is 0 Å². The summed E-state index contributed by atoms with van der Waals surface area (Å²) in [5, 5.41) is 4.40. The molecule has 2 aromatic heterocycles. The molecule has 1 fully saturated rings. The van der Waals surface area contributed by atoms with Gasteiger partial charge in [0.1, 0.15) is 0 Å². The number of pyridine rings is 1. The fraction of sp³-hybridized carbons (Fsp3) is 0.467. The quantitative estimate of drug-likeness (QED) is 0.842. The molecule has 1 aliphatic heterocycles. The lowest BCUT2D eigenvalue weighted by Gasteiger charge is -2.16. The van der Waals surface area contributed by atoms with E-state index in [9.17, 15) is 4.79 Å². The van der Waals surface area contributed by atoms with Crippen molar-refractivity contribution < 1.29 is 0 Å². The SMILES string of the molecule is Cc1cnn(C2CCN(CCn3ccccc3=O)C2)c1. The van der Waals surface area contributed by atoms with Crippen molar-refractivity contribution in [3.05, 3.63) is 52.7 Å². The van der Waals surface area contributed by atoms with E-state index in [0.717, 1.165) is 32.6 Å². The molecule has 5 nitrogen and oxygen atoms in total. The minimum atomic E-state index is 0.0750. The van der Waals surface area contributed by atoms with E-state index in [1.807, 2.05) is 18.5 Å². The minimum Gasteiger partial charge on any atom is -0.314 e. The van der Waals surface area contributed by atoms with Gasteiger partial charge in [-0.05, 0) is 25.0 Å². The highest BCUT2D eigenvalue weighted by Crippen LogP contribution is 2.20. The van der Waals surface area contributed by atoms with Crippen molar-refractivity contribution in [3.8, 4) is 0 Å². The first-order valence-corrected chi connectivity index (χ1v) is 7.11. The number of likely N-dealkylation sites (tertiary alicyclic amines) is 1. The molecule has 0 bridgehead atoms. The van der Waals surface area contributed by atoms with E-state index in [0.29, 0.717) is 6.04 Å². The zero-order valence-electron chi connectivity index (χ0n) is 11.8. The maximum Gasteiger partial charge on any atom is 0.250 e. The molecule has 3 rings (SSSR count). The third-order valence-corrected chi connectivity index (χ3v) is 3.91. The molecule has 1 unspecified atom stereocenters. The number of hydrogen-bond donors (Lipinski definition) is 0. The molecule has 3 heterocycles. The fourth-order valence-corrected chi connectivity index (χ4v) is 2.76. The summed E-state index contributed by atoms with van der Waals surface area (Å²) < 4.78 is 3.84. The number of rotatable bonds is 4. The standard InChI is InChI=1S/C15H20N4O/c1-13-10-16-19(11-13)14-5-7-17(12-14)8-9-18-6-3-2-4-15(18)20/h2-4,6,10-11,14H,5,7-9,12H2,1H3. The number of aromatic nitrogens is 3. The van der Waals surface area contributed by atoms with Crippen LogP contribution in [0.4, 0.5) is 0 Å². The lowest BCUT2D eigenvalue weighted by Crippen LogP contribution is -2.29. The van der Waals surface area contributed by atoms with Crippen molar-refractivity contribution in [1.82, 2.24) is 19.2 Å². The van der Waals surface area contributed by atoms with Crippen LogP contribution >= 0.6 is 0 Å². The second kappa shape index (κ2) is 5.63. The smallest absolute Gasteiger partial charge is 0.250 e. The van der Waals surface area contributed by atoms with Crippen LogP contribution < -0.4 is 5.56 Å². The Bertz CT molecular complexity index is 631. The Kier molecular flexibility index (Phi) is 3.69. The van der Waals surface area contributed by atoms with Crippen LogP contribution in [0.2, 0.25) is 0 Å². The van der Waals surface area contributed by atoms with E-state index in [1.165, 1.54) is 5.56 Å². The minimum absolute atomic E-state index is 0.0750. The Morgan fingerprint density at radius 1 is 1.35 bits per heavy atom. The van der Waals surface area contributed by atoms with Crippen molar-refractivity contribution in [3.63, 3.8) is 0 Å². The lowest BCUT2D eigenvalue weighted by atomic mass is 10.3. The van der Waals surface area contributed by atoms with Gasteiger partial charge in [0.25, 0.3) is 5.56 Å². The molecule has 2 aromatic rings. The first-order chi connectivity index (χ1) is 9.72. The van der Waals surface area contributed by atoms with E-state index in [2.05, 4.69) is 27.8 Å². The molecule has 1 aliphatic rings. The number of hydrogen-bond acceptors (Lipinski definition) is 3. The van der Waals surface area contributed by atoms with Gasteiger partial charge in [-0.25, -0.2) is 0 Å². The van der Waals surface area contributed by atoms with Gasteiger partial charge in [-0.2, -0.15) is 5.10 Å². The molecule has 1 atom stereocenters. The zero-order chi connectivity index (χ0) is 13.9. The van der Waals surface area contributed by atoms with Crippen LogP contribution in [-0.4, -0.2) is 38.9 Å². The molecule has 0 spiro atoms. The average molecular weight is 272 g/mol. The maximum absolute atomic E-state index is 11.6. The summed E-state index contributed by atoms with van der Waals surface area (Å²) in [5.74, 6) is 0. The van der Waals surface area contributed by atoms with Gasteiger partial charge >= 0.3 is 0 Å². The topological polar surface area (TPSA) is 43.1 Å². The highest BCUT2D eigenvalue weighted by atomic mass is 16.1. The van der Waals surface area contributed by atoms with Crippen LogP contribution in [0.5, 0.6) is 0 Å². The number of aryl methyl sites for hydroxylation is 1. The van der Waals surface area contributed by atoms with Crippen LogP contribution in [0.1, 0.15) is 18.0 Å². The van der Waals surface area contributed by atoms with Crippen molar-refractivity contribution in [1.29, 1.82) is 0 Å². The maximum atomic E-state index is 11.6. The van der Waals surface area contributed by atoms with E-state index in [4.69, 9.17) is 0 Å². The second-order valence-corrected chi connectivity index (χ2v) is 5.47. The van der Waals surface area contributed by atoms with E-state index >= 15 is 0 Å². The highest BCUT2D eigenvalue weighted by molar-refractivity contribution is 5.01. The molecule has 106 valence electrons. The van der Waals surface area contributed by atoms with Crippen LogP contribution in [-0.2, 0) is 6.54 Å². The summed E-state index contributed by atoms with van der Waals surface area (Å²) >= 11 is 0. The van der Waals surface area contributed by atoms with Gasteiger partial charge in [0.2, 0.25) is 0 Å². The average Bonchev–Trinajstić information content (AvgIpc) is 3.06. The monoisotopic (exact) mass is 272 g/mol. The third kappa shape index (κ3) is 2.82. The lowest BCUT2D eigenvalue weighted by molar-refractivity contribution is 0.304. The van der Waals surface area contributed by atoms with Gasteiger partial charge in [-0.3, -0.25) is 14.4 Å². The molecule has 0 aliphatic carbocycles. The van der Waals surface area contributed by atoms with Crippen molar-refractivity contribution in [2.75, 3.05) is 19.6 Å². The molecule has 0 saturated carbocycles. The van der Waals surface area contributed by atoms with Crippen LogP contribution in [0, 0.1) is 6.92 Å². The van der Waals surface area contributed by atoms with Gasteiger partial charge in [0.05, 0.1) is 12.2 Å². The number of nitrogens with zero attached hydrogens (tertiary/aromatic N) is 4. The van der Waals surface area contributed by atoms with Gasteiger partial charge in [-0.15, -0.1) is 0 Å². The normalized spacial score (nSPS) is 19.6. The molecule has 20 heavy (non-hydrogen) atoms. The Hall–Kier alpha value is -1.88. The summed E-state index contributed by atoms with van der Waals surface area (Å²) in [5.41, 5.74) is 1.28. The van der Waals surface area contributed by atoms with E-state index < -0.39 is 0 Å². The molecule has 0 N–H and O–H groups in total. The van der Waals surface area contributed by atoms with E-state index in [-0.39, 0.29) is 5.56 Å². The predicted octanol–water partition coefficient (Wildman–Crippen LogP) is 1.30. The Balaban J connectivity index is 1.56. The first kappa shape index (κ1) is 13.1. The summed E-state index contributed by atoms with van der Waals surface area (Å²) in [7, 11) is 0. The highest BCUT2D eigenvalue weighted by Gasteiger charge is 2.23. The molecular weight excluding hydrogens is 252 g/mol. The fourth-order valence-electron chi connectivity index (χ4n) is 2.76. The Morgan fingerprint density at radius 3 is 3.00 bits per heavy atom. The predicted molar refractivity (Wildman–Crippen MR) is 77.8 cm³/mol. The summed E-state index contributed by atoms with van der Waals surface area (Å²) in [6, 6.07) is 5.77. The summed E-state index contributed by atoms with van der Waals surface area (Å²) in [4.78, 5) is 14.0. The molecule has 5 heteroatoms. The van der Waals surface area contributed by atoms with Crippen LogP contribution in [0.25, 0.3) is 0 Å². The first-order valence-electron chi connectivity index (χ1n) is 7.11. The summed E-state index contributed by atoms with van der Waals surface area (Å²) in [6.07, 6.45) is 7.00.